The first kappa shape index (κ1) is 50.5. The van der Waals surface area contributed by atoms with E-state index in [0.717, 1.165) is 0 Å². The lowest BCUT2D eigenvalue weighted by atomic mass is 10.3. The van der Waals surface area contributed by atoms with E-state index in [0.29, 0.717) is 11.5 Å². The highest BCUT2D eigenvalue weighted by Gasteiger charge is 1.86. The molecule has 0 aliphatic heterocycles. The van der Waals surface area contributed by atoms with Crippen LogP contribution in [0, 0.1) is 0 Å². The van der Waals surface area contributed by atoms with Crippen LogP contribution in [0.2, 0.25) is 0 Å². The molecule has 4 rings (SSSR count). The molecule has 0 amide bonds. The average molecular weight is 589 g/mol. The van der Waals surface area contributed by atoms with Gasteiger partial charge < -0.3 is 30.6 Å². The van der Waals surface area contributed by atoms with Crippen molar-refractivity contribution in [1.82, 2.24) is 0 Å². The molecule has 0 atom stereocenters. The first-order valence-corrected chi connectivity index (χ1v) is 14.8. The fourth-order valence-corrected chi connectivity index (χ4v) is 1.84. The van der Waals surface area contributed by atoms with Gasteiger partial charge in [-0.2, -0.15) is 0 Å². The van der Waals surface area contributed by atoms with Gasteiger partial charge in [-0.1, -0.05) is 132 Å². The van der Waals surface area contributed by atoms with E-state index in [2.05, 4.69) is 0 Å². The molecule has 0 bridgehead atoms. The summed E-state index contributed by atoms with van der Waals surface area (Å²) < 4.78 is 0. The van der Waals surface area contributed by atoms with Crippen molar-refractivity contribution in [3.05, 3.63) is 109 Å². The molecule has 0 saturated heterocycles. The highest BCUT2D eigenvalue weighted by atomic mass is 16.3. The zero-order valence-corrected chi connectivity index (χ0v) is 28.1. The fourth-order valence-electron chi connectivity index (χ4n) is 1.84. The maximum Gasteiger partial charge on any atom is 0.119 e. The molecule has 0 aliphatic carbocycles. The summed E-state index contributed by atoms with van der Waals surface area (Å²) in [5.74, 6) is 0.995. The van der Waals surface area contributed by atoms with Crippen LogP contribution < -0.4 is 0 Å². The summed E-state index contributed by atoms with van der Waals surface area (Å²) >= 11 is 0. The maximum atomic E-state index is 8.65. The van der Waals surface area contributed by atoms with Crippen LogP contribution in [0.25, 0.3) is 0 Å². The monoisotopic (exact) mass is 588 g/mol. The fraction of sp³-hybridized carbons (Fsp3) is 0.333. The van der Waals surface area contributed by atoms with Crippen molar-refractivity contribution < 1.29 is 30.6 Å². The van der Waals surface area contributed by atoms with Gasteiger partial charge >= 0.3 is 0 Å². The Morgan fingerprint density at radius 1 is 0.238 bits per heavy atom. The predicted octanol–water partition coefficient (Wildman–Crippen LogP) is 11.1. The third-order valence-corrected chi connectivity index (χ3v) is 3.17. The summed E-state index contributed by atoms with van der Waals surface area (Å²) in [5, 5.41) is 51.9. The summed E-state index contributed by atoms with van der Waals surface area (Å²) in [4.78, 5) is 0. The van der Waals surface area contributed by atoms with Crippen LogP contribution in [-0.4, -0.2) is 30.6 Å². The van der Waals surface area contributed by atoms with E-state index in [4.69, 9.17) is 30.6 Å². The van der Waals surface area contributed by atoms with Gasteiger partial charge in [-0.05, 0) is 48.5 Å². The first-order chi connectivity index (χ1) is 20.4. The third-order valence-electron chi connectivity index (χ3n) is 3.17. The summed E-state index contributed by atoms with van der Waals surface area (Å²) in [6, 6.07) is 29.1. The smallest absolute Gasteiger partial charge is 0.119 e. The maximum absolute atomic E-state index is 8.65. The molecule has 0 aliphatic rings. The number of phenolic OH excluding ortho intramolecular Hbond substituents is 6. The summed E-state index contributed by atoms with van der Waals surface area (Å²) in [6.45, 7) is 24.0. The second-order valence-corrected chi connectivity index (χ2v) is 5.71. The van der Waals surface area contributed by atoms with E-state index >= 15 is 0 Å². The lowest BCUT2D eigenvalue weighted by molar-refractivity contribution is 0.449. The van der Waals surface area contributed by atoms with E-state index in [-0.39, 0.29) is 23.0 Å². The first-order valence-electron chi connectivity index (χ1n) is 14.8. The number of para-hydroxylation sites is 2. The van der Waals surface area contributed by atoms with Gasteiger partial charge in [-0.3, -0.25) is 0 Å². The molecule has 0 fully saturated rings. The van der Waals surface area contributed by atoms with E-state index in [1.807, 2.05) is 95.2 Å². The molecule has 0 unspecified atom stereocenters. The molecule has 6 heteroatoms. The summed E-state index contributed by atoms with van der Waals surface area (Å²) in [5.41, 5.74) is 0. The molecular weight excluding hydrogens is 528 g/mol. The van der Waals surface area contributed by atoms with Crippen LogP contribution in [0.4, 0.5) is 0 Å². The molecule has 6 N–H and O–H groups in total. The van der Waals surface area contributed by atoms with Crippen LogP contribution in [0.3, 0.4) is 0 Å². The number of benzene rings is 4. The molecule has 0 radical (unpaired) electrons. The standard InChI is InChI=1S/2C6H6O2.2C6H6O.6C2H6/c2*7-5-2-1-3-6(8)4-5;2*7-6-4-2-1-3-5-6;6*1-2/h2*1-4,7-8H;2*1-5,7H;6*1-2H3. The van der Waals surface area contributed by atoms with Crippen LogP contribution in [0.1, 0.15) is 83.1 Å². The van der Waals surface area contributed by atoms with Gasteiger partial charge in [0.25, 0.3) is 0 Å². The van der Waals surface area contributed by atoms with Gasteiger partial charge in [0.15, 0.2) is 0 Å². The van der Waals surface area contributed by atoms with Crippen molar-refractivity contribution in [1.29, 1.82) is 0 Å². The van der Waals surface area contributed by atoms with Gasteiger partial charge in [-0.15, -0.1) is 0 Å². The molecule has 42 heavy (non-hydrogen) atoms. The number of hydrogen-bond donors (Lipinski definition) is 6. The van der Waals surface area contributed by atoms with E-state index in [1.165, 1.54) is 36.4 Å². The number of phenols is 6. The summed E-state index contributed by atoms with van der Waals surface area (Å²) in [6.07, 6.45) is 0. The quantitative estimate of drug-likeness (QED) is 0.121. The van der Waals surface area contributed by atoms with Crippen LogP contribution in [0.15, 0.2) is 109 Å². The molecule has 0 saturated carbocycles. The Hall–Kier alpha value is -4.32. The molecule has 0 heterocycles. The Bertz CT molecular complexity index is 847. The highest BCUT2D eigenvalue weighted by Crippen LogP contribution is 2.15. The molecule has 4 aromatic rings. The van der Waals surface area contributed by atoms with Gasteiger partial charge in [0.2, 0.25) is 0 Å². The minimum atomic E-state index is 0.0880. The Kier molecular flexibility index (Phi) is 56.0. The van der Waals surface area contributed by atoms with Gasteiger partial charge in [0, 0.05) is 12.1 Å². The second-order valence-electron chi connectivity index (χ2n) is 5.71. The normalized spacial score (nSPS) is 7.14. The molecule has 6 nitrogen and oxygen atoms in total. The van der Waals surface area contributed by atoms with E-state index in [1.54, 1.807) is 60.7 Å². The van der Waals surface area contributed by atoms with Gasteiger partial charge in [0.1, 0.15) is 34.5 Å². The zero-order chi connectivity index (χ0) is 34.2. The predicted molar refractivity (Wildman–Crippen MR) is 184 cm³/mol. The van der Waals surface area contributed by atoms with Gasteiger partial charge in [-0.25, -0.2) is 0 Å². The Labute approximate surface area is 257 Å². The van der Waals surface area contributed by atoms with Crippen LogP contribution in [0.5, 0.6) is 34.5 Å². The van der Waals surface area contributed by atoms with E-state index in [9.17, 15) is 0 Å². The minimum Gasteiger partial charge on any atom is -0.508 e. The molecule has 4 aromatic carbocycles. The number of rotatable bonds is 0. The molecular formula is C36H60O6. The number of hydrogen-bond acceptors (Lipinski definition) is 6. The van der Waals surface area contributed by atoms with Crippen molar-refractivity contribution in [3.63, 3.8) is 0 Å². The SMILES string of the molecule is CC.CC.CC.CC.CC.CC.Oc1cccc(O)c1.Oc1cccc(O)c1.Oc1ccccc1.Oc1ccccc1. The zero-order valence-electron chi connectivity index (χ0n) is 28.1. The van der Waals surface area contributed by atoms with Crippen molar-refractivity contribution in [2.45, 2.75) is 83.1 Å². The number of aromatic hydroxyl groups is 6. The van der Waals surface area contributed by atoms with Crippen molar-refractivity contribution in [2.75, 3.05) is 0 Å². The van der Waals surface area contributed by atoms with E-state index < -0.39 is 0 Å². The van der Waals surface area contributed by atoms with Crippen molar-refractivity contribution >= 4 is 0 Å². The average Bonchev–Trinajstić information content (AvgIpc) is 3.05. The largest absolute Gasteiger partial charge is 0.508 e. The topological polar surface area (TPSA) is 121 Å². The van der Waals surface area contributed by atoms with Crippen LogP contribution >= 0.6 is 0 Å². The third kappa shape index (κ3) is 42.8. The van der Waals surface area contributed by atoms with Crippen molar-refractivity contribution in [3.8, 4) is 34.5 Å². The lowest BCUT2D eigenvalue weighted by Gasteiger charge is -1.89. The molecule has 0 spiro atoms. The Balaban J connectivity index is -0.0000000919. The lowest BCUT2D eigenvalue weighted by Crippen LogP contribution is -1.61. The minimum absolute atomic E-state index is 0.0880. The Morgan fingerprint density at radius 3 is 0.500 bits per heavy atom. The van der Waals surface area contributed by atoms with Crippen molar-refractivity contribution in [2.24, 2.45) is 0 Å². The van der Waals surface area contributed by atoms with Gasteiger partial charge in [0.05, 0.1) is 0 Å². The Morgan fingerprint density at radius 2 is 0.405 bits per heavy atom. The highest BCUT2D eigenvalue weighted by molar-refractivity contribution is 5.30. The molecule has 240 valence electrons. The summed E-state index contributed by atoms with van der Waals surface area (Å²) in [7, 11) is 0. The second kappa shape index (κ2) is 46.5. The molecule has 0 aromatic heterocycles. The van der Waals surface area contributed by atoms with Crippen LogP contribution in [-0.2, 0) is 0 Å².